The minimum atomic E-state index is -0.613. The molecule has 2 amide bonds. The van der Waals surface area contributed by atoms with Gasteiger partial charge in [0, 0.05) is 6.54 Å². The third kappa shape index (κ3) is 5.87. The van der Waals surface area contributed by atoms with Crippen LogP contribution < -0.4 is 15.8 Å². The van der Waals surface area contributed by atoms with Crippen LogP contribution in [0.3, 0.4) is 0 Å². The molecule has 0 radical (unpaired) electrons. The molecule has 0 fully saturated rings. The Kier molecular flexibility index (Phi) is 7.69. The molecule has 1 heterocycles. The maximum atomic E-state index is 12.4. The highest BCUT2D eigenvalue weighted by atomic mass is 35.5. The van der Waals surface area contributed by atoms with Crippen LogP contribution in [0.2, 0.25) is 5.02 Å². The summed E-state index contributed by atoms with van der Waals surface area (Å²) in [5, 5.41) is 12.1. The summed E-state index contributed by atoms with van der Waals surface area (Å²) in [5.41, 5.74) is 5.95. The fraction of sp³-hybridized carbons (Fsp3) is 0.143. The Morgan fingerprint density at radius 1 is 1.19 bits per heavy atom. The lowest BCUT2D eigenvalue weighted by molar-refractivity contribution is -0.113. The Morgan fingerprint density at radius 2 is 1.94 bits per heavy atom. The number of benzene rings is 2. The molecule has 0 atom stereocenters. The van der Waals surface area contributed by atoms with E-state index in [9.17, 15) is 9.59 Å². The molecule has 0 saturated carbocycles. The number of nitrogens with two attached hydrogens (primary N) is 1. The molecule has 0 bridgehead atoms. The predicted molar refractivity (Wildman–Crippen MR) is 120 cm³/mol. The van der Waals surface area contributed by atoms with E-state index in [-0.39, 0.29) is 23.8 Å². The summed E-state index contributed by atoms with van der Waals surface area (Å²) in [6.07, 6.45) is 1.70. The number of para-hydroxylation sites is 2. The third-order valence-electron chi connectivity index (χ3n) is 4.10. The van der Waals surface area contributed by atoms with Gasteiger partial charge in [-0.3, -0.25) is 14.2 Å². The Hall–Kier alpha value is -3.30. The van der Waals surface area contributed by atoms with Crippen LogP contribution >= 0.6 is 23.4 Å². The monoisotopic (exact) mass is 457 g/mol. The van der Waals surface area contributed by atoms with Gasteiger partial charge in [-0.2, -0.15) is 0 Å². The molecule has 0 spiro atoms. The van der Waals surface area contributed by atoms with Crippen LogP contribution in [0.25, 0.3) is 0 Å². The van der Waals surface area contributed by atoms with Gasteiger partial charge in [-0.15, -0.1) is 16.8 Å². The van der Waals surface area contributed by atoms with Crippen LogP contribution in [0.4, 0.5) is 5.69 Å². The van der Waals surface area contributed by atoms with Crippen molar-refractivity contribution in [2.24, 2.45) is 5.73 Å². The number of hydrogen-bond acceptors (Lipinski definition) is 6. The molecule has 3 rings (SSSR count). The average molecular weight is 458 g/mol. The van der Waals surface area contributed by atoms with E-state index in [2.05, 4.69) is 22.1 Å². The average Bonchev–Trinajstić information content (AvgIpc) is 3.14. The minimum Gasteiger partial charge on any atom is -0.484 e. The molecular formula is C21H20ClN5O3S. The second-order valence-corrected chi connectivity index (χ2v) is 7.61. The molecule has 0 aliphatic heterocycles. The molecule has 160 valence electrons. The normalized spacial score (nSPS) is 10.5. The smallest absolute Gasteiger partial charge is 0.250 e. The number of aromatic nitrogens is 3. The molecule has 0 aliphatic rings. The summed E-state index contributed by atoms with van der Waals surface area (Å²) in [6, 6.07) is 13.7. The number of thioether (sulfide) groups is 1. The summed E-state index contributed by atoms with van der Waals surface area (Å²) >= 11 is 7.32. The first-order valence-electron chi connectivity index (χ1n) is 9.21. The molecule has 0 saturated heterocycles. The quantitative estimate of drug-likeness (QED) is 0.356. The first-order valence-corrected chi connectivity index (χ1v) is 10.6. The standard InChI is InChI=1S/C21H20ClN5O3S/c1-2-11-27-18(12-30-17-10-6-4-8-15(17)22)25-26-21(27)31-13-19(28)24-16-9-5-3-7-14(16)20(23)29/h2-10H,1,11-13H2,(H2,23,29)(H,24,28). The summed E-state index contributed by atoms with van der Waals surface area (Å²) in [5.74, 6) is 0.257. The number of nitrogens with one attached hydrogen (secondary N) is 1. The van der Waals surface area contributed by atoms with Gasteiger partial charge in [0.25, 0.3) is 5.91 Å². The maximum absolute atomic E-state index is 12.4. The van der Waals surface area contributed by atoms with Crippen molar-refractivity contribution in [3.63, 3.8) is 0 Å². The van der Waals surface area contributed by atoms with Gasteiger partial charge in [-0.1, -0.05) is 53.7 Å². The van der Waals surface area contributed by atoms with Crippen molar-refractivity contribution in [3.05, 3.63) is 77.6 Å². The number of ether oxygens (including phenoxy) is 1. The Bertz CT molecular complexity index is 1100. The van der Waals surface area contributed by atoms with Crippen molar-refractivity contribution in [2.75, 3.05) is 11.1 Å². The number of amides is 2. The molecule has 1 aromatic heterocycles. The number of nitrogens with zero attached hydrogens (tertiary/aromatic N) is 3. The van der Waals surface area contributed by atoms with Crippen LogP contribution in [-0.4, -0.2) is 32.3 Å². The van der Waals surface area contributed by atoms with E-state index in [0.717, 1.165) is 0 Å². The lowest BCUT2D eigenvalue weighted by atomic mass is 10.1. The van der Waals surface area contributed by atoms with Crippen LogP contribution in [0.1, 0.15) is 16.2 Å². The molecule has 10 heteroatoms. The van der Waals surface area contributed by atoms with E-state index in [0.29, 0.717) is 34.0 Å². The van der Waals surface area contributed by atoms with Gasteiger partial charge in [0.05, 0.1) is 22.0 Å². The molecule has 0 unspecified atom stereocenters. The van der Waals surface area contributed by atoms with E-state index in [1.165, 1.54) is 11.8 Å². The molecular weight excluding hydrogens is 438 g/mol. The van der Waals surface area contributed by atoms with Crippen LogP contribution in [0.5, 0.6) is 5.75 Å². The zero-order valence-electron chi connectivity index (χ0n) is 16.5. The van der Waals surface area contributed by atoms with Gasteiger partial charge in [0.15, 0.2) is 11.0 Å². The summed E-state index contributed by atoms with van der Waals surface area (Å²) in [6.45, 7) is 4.36. The number of carbonyl (C=O) groups is 2. The van der Waals surface area contributed by atoms with E-state index in [1.807, 2.05) is 12.1 Å². The van der Waals surface area contributed by atoms with E-state index in [4.69, 9.17) is 22.1 Å². The van der Waals surface area contributed by atoms with Crippen molar-refractivity contribution in [2.45, 2.75) is 18.3 Å². The maximum Gasteiger partial charge on any atom is 0.250 e. The van der Waals surface area contributed by atoms with Crippen molar-refractivity contribution >= 4 is 40.9 Å². The van der Waals surface area contributed by atoms with Gasteiger partial charge >= 0.3 is 0 Å². The molecule has 3 aromatic rings. The number of anilines is 1. The number of carbonyl (C=O) groups excluding carboxylic acids is 2. The van der Waals surface area contributed by atoms with E-state index in [1.54, 1.807) is 47.0 Å². The van der Waals surface area contributed by atoms with Gasteiger partial charge in [-0.05, 0) is 24.3 Å². The predicted octanol–water partition coefficient (Wildman–Crippen LogP) is 3.53. The van der Waals surface area contributed by atoms with Gasteiger partial charge < -0.3 is 15.8 Å². The highest BCUT2D eigenvalue weighted by Crippen LogP contribution is 2.25. The number of rotatable bonds is 10. The van der Waals surface area contributed by atoms with E-state index < -0.39 is 5.91 Å². The Morgan fingerprint density at radius 3 is 2.68 bits per heavy atom. The van der Waals surface area contributed by atoms with Crippen molar-refractivity contribution in [1.82, 2.24) is 14.8 Å². The van der Waals surface area contributed by atoms with E-state index >= 15 is 0 Å². The first kappa shape index (κ1) is 22.4. The molecule has 8 nitrogen and oxygen atoms in total. The third-order valence-corrected chi connectivity index (χ3v) is 5.38. The fourth-order valence-electron chi connectivity index (χ4n) is 2.67. The van der Waals surface area contributed by atoms with Crippen molar-refractivity contribution in [3.8, 4) is 5.75 Å². The second kappa shape index (κ2) is 10.6. The SMILES string of the molecule is C=CCn1c(COc2ccccc2Cl)nnc1SCC(=O)Nc1ccccc1C(N)=O. The topological polar surface area (TPSA) is 112 Å². The van der Waals surface area contributed by atoms with Crippen LogP contribution in [0, 0.1) is 0 Å². The number of allylic oxidation sites excluding steroid dienone is 1. The summed E-state index contributed by atoms with van der Waals surface area (Å²) in [4.78, 5) is 23.9. The molecule has 31 heavy (non-hydrogen) atoms. The zero-order chi connectivity index (χ0) is 22.2. The molecule has 0 aliphatic carbocycles. The Labute approximate surface area is 188 Å². The lowest BCUT2D eigenvalue weighted by Crippen LogP contribution is -2.19. The van der Waals surface area contributed by atoms with Crippen molar-refractivity contribution < 1.29 is 14.3 Å². The zero-order valence-corrected chi connectivity index (χ0v) is 18.0. The van der Waals surface area contributed by atoms with Gasteiger partial charge in [0.2, 0.25) is 5.91 Å². The highest BCUT2D eigenvalue weighted by Gasteiger charge is 2.16. The minimum absolute atomic E-state index is 0.0632. The van der Waals surface area contributed by atoms with Crippen LogP contribution in [0.15, 0.2) is 66.3 Å². The highest BCUT2D eigenvalue weighted by molar-refractivity contribution is 7.99. The van der Waals surface area contributed by atoms with Crippen molar-refractivity contribution in [1.29, 1.82) is 0 Å². The Balaban J connectivity index is 1.65. The van der Waals surface area contributed by atoms with Gasteiger partial charge in [0.1, 0.15) is 12.4 Å². The molecule has 2 aromatic carbocycles. The van der Waals surface area contributed by atoms with Crippen LogP contribution in [-0.2, 0) is 17.9 Å². The number of hydrogen-bond donors (Lipinski definition) is 2. The largest absolute Gasteiger partial charge is 0.484 e. The number of halogens is 1. The fourth-order valence-corrected chi connectivity index (χ4v) is 3.63. The van der Waals surface area contributed by atoms with Gasteiger partial charge in [-0.25, -0.2) is 0 Å². The summed E-state index contributed by atoms with van der Waals surface area (Å²) < 4.78 is 7.55. The number of primary amides is 1. The lowest BCUT2D eigenvalue weighted by Gasteiger charge is -2.10. The molecule has 3 N–H and O–H groups in total. The first-order chi connectivity index (χ1) is 15.0. The summed E-state index contributed by atoms with van der Waals surface area (Å²) in [7, 11) is 0. The second-order valence-electron chi connectivity index (χ2n) is 6.26.